The lowest BCUT2D eigenvalue weighted by Crippen LogP contribution is -2.13. The van der Waals surface area contributed by atoms with Crippen LogP contribution in [0.1, 0.15) is 35.0 Å². The van der Waals surface area contributed by atoms with Gasteiger partial charge in [0.25, 0.3) is 0 Å². The molecule has 2 heterocycles. The van der Waals surface area contributed by atoms with Gasteiger partial charge >= 0.3 is 5.97 Å². The van der Waals surface area contributed by atoms with Crippen LogP contribution in [0.4, 0.5) is 10.2 Å². The second-order valence-electron chi connectivity index (χ2n) is 8.21. The summed E-state index contributed by atoms with van der Waals surface area (Å²) in [7, 11) is 1.57. The molecule has 0 aliphatic rings. The van der Waals surface area contributed by atoms with Gasteiger partial charge in [0, 0.05) is 35.8 Å². The van der Waals surface area contributed by atoms with Gasteiger partial charge in [0.15, 0.2) is 0 Å². The van der Waals surface area contributed by atoms with Crippen LogP contribution < -0.4 is 10.1 Å². The molecule has 2 aromatic heterocycles. The predicted molar refractivity (Wildman–Crippen MR) is 135 cm³/mol. The van der Waals surface area contributed by atoms with Gasteiger partial charge in [-0.25, -0.2) is 19.2 Å². The molecule has 0 saturated carbocycles. The number of anilines is 1. The topological polar surface area (TPSA) is 89.3 Å². The number of aromatic carboxylic acids is 1. The van der Waals surface area contributed by atoms with Crippen molar-refractivity contribution in [2.24, 2.45) is 0 Å². The average molecular weight is 497 g/mol. The molecule has 0 aliphatic heterocycles. The van der Waals surface area contributed by atoms with Crippen LogP contribution in [0.3, 0.4) is 0 Å². The summed E-state index contributed by atoms with van der Waals surface area (Å²) in [6, 6.07) is 10.2. The normalized spacial score (nSPS) is 11.1. The standard InChI is InChI=1S/C26H26ClFN4O3/c1-4-5-16-11-17(12-19(27)24(16)26(33)34)21-13-23(31-14-30-21)29-8-9-32-15(2)10-18-22(35-3)7-6-20(28)25(18)32/h6-7,10-14H,4-5,8-9H2,1-3H3,(H,33,34)(H,29,30,31). The zero-order valence-corrected chi connectivity index (χ0v) is 20.5. The number of nitrogens with zero attached hydrogens (tertiary/aromatic N) is 3. The van der Waals surface area contributed by atoms with E-state index in [9.17, 15) is 14.3 Å². The Labute approximate surface area is 207 Å². The molecule has 4 rings (SSSR count). The van der Waals surface area contributed by atoms with E-state index in [1.807, 2.05) is 30.5 Å². The van der Waals surface area contributed by atoms with Crippen molar-refractivity contribution in [3.8, 4) is 17.0 Å². The fourth-order valence-electron chi connectivity index (χ4n) is 4.33. The van der Waals surface area contributed by atoms with Gasteiger partial charge < -0.3 is 19.7 Å². The SMILES string of the molecule is CCCc1cc(-c2cc(NCCn3c(C)cc4c(OC)ccc(F)c43)ncn2)cc(Cl)c1C(=O)O. The van der Waals surface area contributed by atoms with Crippen LogP contribution in [0.2, 0.25) is 5.02 Å². The van der Waals surface area contributed by atoms with Gasteiger partial charge in [0.05, 0.1) is 28.9 Å². The molecule has 35 heavy (non-hydrogen) atoms. The Morgan fingerprint density at radius 1 is 1.23 bits per heavy atom. The van der Waals surface area contributed by atoms with Crippen molar-refractivity contribution < 1.29 is 19.0 Å². The van der Waals surface area contributed by atoms with Crippen LogP contribution in [0.25, 0.3) is 22.2 Å². The Morgan fingerprint density at radius 2 is 2.03 bits per heavy atom. The number of fused-ring (bicyclic) bond motifs is 1. The number of carbonyl (C=O) groups is 1. The van der Waals surface area contributed by atoms with Crippen LogP contribution in [-0.4, -0.2) is 39.3 Å². The fourth-order valence-corrected chi connectivity index (χ4v) is 4.65. The minimum absolute atomic E-state index is 0.128. The van der Waals surface area contributed by atoms with Crippen molar-refractivity contribution in [3.63, 3.8) is 0 Å². The lowest BCUT2D eigenvalue weighted by molar-refractivity contribution is 0.0696. The molecule has 0 fully saturated rings. The van der Waals surface area contributed by atoms with Gasteiger partial charge in [-0.2, -0.15) is 0 Å². The molecule has 182 valence electrons. The van der Waals surface area contributed by atoms with Gasteiger partial charge in [-0.15, -0.1) is 0 Å². The van der Waals surface area contributed by atoms with Gasteiger partial charge in [0.2, 0.25) is 0 Å². The first kappa shape index (κ1) is 24.5. The van der Waals surface area contributed by atoms with Crippen molar-refractivity contribution in [1.29, 1.82) is 0 Å². The smallest absolute Gasteiger partial charge is 0.337 e. The summed E-state index contributed by atoms with van der Waals surface area (Å²) in [5.74, 6) is -0.121. The summed E-state index contributed by atoms with van der Waals surface area (Å²) in [4.78, 5) is 20.3. The Balaban J connectivity index is 1.56. The minimum Gasteiger partial charge on any atom is -0.496 e. The van der Waals surface area contributed by atoms with Crippen molar-refractivity contribution in [1.82, 2.24) is 14.5 Å². The van der Waals surface area contributed by atoms with E-state index >= 15 is 0 Å². The van der Waals surface area contributed by atoms with E-state index in [2.05, 4.69) is 15.3 Å². The fraction of sp³-hybridized carbons (Fsp3) is 0.269. The summed E-state index contributed by atoms with van der Waals surface area (Å²) < 4.78 is 21.9. The molecule has 0 spiro atoms. The summed E-state index contributed by atoms with van der Waals surface area (Å²) >= 11 is 6.31. The van der Waals surface area contributed by atoms with E-state index < -0.39 is 5.97 Å². The van der Waals surface area contributed by atoms with E-state index in [-0.39, 0.29) is 16.4 Å². The van der Waals surface area contributed by atoms with Crippen LogP contribution >= 0.6 is 11.6 Å². The summed E-state index contributed by atoms with van der Waals surface area (Å²) in [5.41, 5.74) is 3.56. The van der Waals surface area contributed by atoms with E-state index in [1.54, 1.807) is 25.3 Å². The first-order chi connectivity index (χ1) is 16.8. The second kappa shape index (κ2) is 10.3. The molecule has 0 amide bonds. The van der Waals surface area contributed by atoms with Crippen LogP contribution in [-0.2, 0) is 13.0 Å². The number of methoxy groups -OCH3 is 1. The van der Waals surface area contributed by atoms with Crippen molar-refractivity contribution in [2.45, 2.75) is 33.2 Å². The monoisotopic (exact) mass is 496 g/mol. The summed E-state index contributed by atoms with van der Waals surface area (Å²) in [5, 5.41) is 13.7. The molecule has 0 atom stereocenters. The maximum Gasteiger partial charge on any atom is 0.337 e. The third kappa shape index (κ3) is 4.93. The highest BCUT2D eigenvalue weighted by molar-refractivity contribution is 6.34. The predicted octanol–water partition coefficient (Wildman–Crippen LogP) is 5.97. The maximum atomic E-state index is 14.6. The largest absolute Gasteiger partial charge is 0.496 e. The number of aryl methyl sites for hydroxylation is 2. The number of carboxylic acids is 1. The number of hydrogen-bond acceptors (Lipinski definition) is 5. The highest BCUT2D eigenvalue weighted by Gasteiger charge is 2.17. The Bertz CT molecular complexity index is 1400. The third-order valence-corrected chi connectivity index (χ3v) is 6.20. The van der Waals surface area contributed by atoms with E-state index in [4.69, 9.17) is 16.3 Å². The number of halogens is 2. The first-order valence-electron chi connectivity index (χ1n) is 11.3. The van der Waals surface area contributed by atoms with Gasteiger partial charge in [0.1, 0.15) is 23.7 Å². The summed E-state index contributed by atoms with van der Waals surface area (Å²) in [6.45, 7) is 4.92. The van der Waals surface area contributed by atoms with E-state index in [0.29, 0.717) is 47.9 Å². The average Bonchev–Trinajstić information content (AvgIpc) is 3.16. The molecule has 2 aromatic carbocycles. The molecule has 0 saturated heterocycles. The van der Waals surface area contributed by atoms with Crippen molar-refractivity contribution >= 4 is 34.3 Å². The lowest BCUT2D eigenvalue weighted by Gasteiger charge is -2.13. The lowest BCUT2D eigenvalue weighted by atomic mass is 9.98. The number of nitrogens with one attached hydrogen (secondary N) is 1. The Kier molecular flexibility index (Phi) is 7.21. The number of aromatic nitrogens is 3. The molecule has 2 N–H and O–H groups in total. The van der Waals surface area contributed by atoms with Crippen LogP contribution in [0, 0.1) is 12.7 Å². The van der Waals surface area contributed by atoms with Crippen molar-refractivity contribution in [3.05, 3.63) is 70.4 Å². The molecule has 0 aliphatic carbocycles. The molecule has 0 unspecified atom stereocenters. The zero-order chi connectivity index (χ0) is 25.1. The number of hydrogen-bond donors (Lipinski definition) is 2. The van der Waals surface area contributed by atoms with Crippen LogP contribution in [0.15, 0.2) is 42.7 Å². The first-order valence-corrected chi connectivity index (χ1v) is 11.7. The molecular weight excluding hydrogens is 471 g/mol. The number of rotatable bonds is 9. The second-order valence-corrected chi connectivity index (χ2v) is 8.62. The highest BCUT2D eigenvalue weighted by atomic mass is 35.5. The molecule has 0 bridgehead atoms. The molecule has 4 aromatic rings. The van der Waals surface area contributed by atoms with Gasteiger partial charge in [-0.05, 0) is 49.2 Å². The number of carboxylic acid groups (broad SMARTS) is 1. The minimum atomic E-state index is -1.04. The zero-order valence-electron chi connectivity index (χ0n) is 19.7. The number of benzene rings is 2. The number of ether oxygens (including phenoxy) is 1. The highest BCUT2D eigenvalue weighted by Crippen LogP contribution is 2.31. The van der Waals surface area contributed by atoms with E-state index in [1.165, 1.54) is 12.4 Å². The molecule has 7 nitrogen and oxygen atoms in total. The van der Waals surface area contributed by atoms with Gasteiger partial charge in [-0.1, -0.05) is 24.9 Å². The summed E-state index contributed by atoms with van der Waals surface area (Å²) in [6.07, 6.45) is 2.82. The molecule has 0 radical (unpaired) electrons. The molecule has 9 heteroatoms. The van der Waals surface area contributed by atoms with Crippen molar-refractivity contribution in [2.75, 3.05) is 19.0 Å². The van der Waals surface area contributed by atoms with Crippen LogP contribution in [0.5, 0.6) is 5.75 Å². The Hall–Kier alpha value is -3.65. The Morgan fingerprint density at radius 3 is 2.74 bits per heavy atom. The van der Waals surface area contributed by atoms with E-state index in [0.717, 1.165) is 23.1 Å². The van der Waals surface area contributed by atoms with Gasteiger partial charge in [-0.3, -0.25) is 0 Å². The maximum absolute atomic E-state index is 14.6. The molecular formula is C26H26ClFN4O3. The third-order valence-electron chi connectivity index (χ3n) is 5.91. The quantitative estimate of drug-likeness (QED) is 0.297.